The zero-order valence-electron chi connectivity index (χ0n) is 22.7. The molecule has 0 aliphatic rings. The summed E-state index contributed by atoms with van der Waals surface area (Å²) in [5.41, 5.74) is 2.27. The second-order valence-corrected chi connectivity index (χ2v) is 12.8. The molecule has 0 aromatic heterocycles. The quantitative estimate of drug-likeness (QED) is 0.239. The molecule has 1 atom stereocenters. The van der Waals surface area contributed by atoms with E-state index in [1.54, 1.807) is 29.2 Å². The Labute approximate surface area is 250 Å². The normalized spacial score (nSPS) is 12.0. The van der Waals surface area contributed by atoms with E-state index in [9.17, 15) is 18.0 Å². The van der Waals surface area contributed by atoms with Crippen molar-refractivity contribution in [1.29, 1.82) is 0 Å². The van der Waals surface area contributed by atoms with E-state index in [-0.39, 0.29) is 37.7 Å². The van der Waals surface area contributed by atoms with Crippen molar-refractivity contribution < 1.29 is 18.0 Å². The van der Waals surface area contributed by atoms with E-state index >= 15 is 0 Å². The summed E-state index contributed by atoms with van der Waals surface area (Å²) in [4.78, 5) is 28.8. The van der Waals surface area contributed by atoms with Crippen molar-refractivity contribution >= 4 is 55.1 Å². The van der Waals surface area contributed by atoms with Gasteiger partial charge < -0.3 is 10.2 Å². The molecule has 3 rings (SSSR count). The smallest absolute Gasteiger partial charge is 0.243 e. The van der Waals surface area contributed by atoms with Crippen LogP contribution in [0.2, 0.25) is 5.02 Å². The van der Waals surface area contributed by atoms with Crippen molar-refractivity contribution in [3.8, 4) is 0 Å². The number of carbonyl (C=O) groups excluding carboxylic acids is 2. The molecule has 0 saturated heterocycles. The maximum atomic E-state index is 13.8. The molecule has 2 amide bonds. The van der Waals surface area contributed by atoms with Crippen LogP contribution in [0.25, 0.3) is 0 Å². The molecule has 0 unspecified atom stereocenters. The van der Waals surface area contributed by atoms with Gasteiger partial charge in [0.1, 0.15) is 6.04 Å². The van der Waals surface area contributed by atoms with Crippen LogP contribution in [0.5, 0.6) is 0 Å². The van der Waals surface area contributed by atoms with Gasteiger partial charge in [-0.25, -0.2) is 8.42 Å². The number of hydrogen-bond acceptors (Lipinski definition) is 4. The first kappa shape index (κ1) is 31.6. The van der Waals surface area contributed by atoms with E-state index in [0.717, 1.165) is 28.3 Å². The number of halogens is 2. The number of benzene rings is 3. The summed E-state index contributed by atoms with van der Waals surface area (Å²) in [7, 11) is -3.61. The minimum Gasteiger partial charge on any atom is -0.354 e. The molecule has 0 spiro atoms. The highest BCUT2D eigenvalue weighted by Gasteiger charge is 2.30. The highest BCUT2D eigenvalue weighted by atomic mass is 79.9. The lowest BCUT2D eigenvalue weighted by molar-refractivity contribution is -0.141. The maximum absolute atomic E-state index is 13.8. The third-order valence-electron chi connectivity index (χ3n) is 6.33. The molecule has 214 valence electrons. The number of nitrogens with one attached hydrogen (secondary N) is 1. The number of carbonyl (C=O) groups is 2. The van der Waals surface area contributed by atoms with Gasteiger partial charge >= 0.3 is 0 Å². The molecule has 3 aromatic rings. The average Bonchev–Trinajstić information content (AvgIpc) is 2.92. The SMILES string of the molecule is CCCNC(=O)[C@H](Cc1ccccc1)N(Cc1ccc(Br)cc1)C(=O)CCCN(c1cccc(Cl)c1)S(C)(=O)=O. The van der Waals surface area contributed by atoms with Crippen LogP contribution in [-0.2, 0) is 32.6 Å². The first-order valence-corrected chi connectivity index (χ1v) is 16.2. The van der Waals surface area contributed by atoms with Crippen molar-refractivity contribution in [1.82, 2.24) is 10.2 Å². The third kappa shape index (κ3) is 9.64. The van der Waals surface area contributed by atoms with Crippen molar-refractivity contribution in [3.63, 3.8) is 0 Å². The second kappa shape index (κ2) is 15.2. The van der Waals surface area contributed by atoms with Gasteiger partial charge in [-0.05, 0) is 54.3 Å². The highest BCUT2D eigenvalue weighted by molar-refractivity contribution is 9.10. The second-order valence-electron chi connectivity index (χ2n) is 9.56. The Kier molecular flexibility index (Phi) is 12.0. The van der Waals surface area contributed by atoms with Crippen LogP contribution < -0.4 is 9.62 Å². The summed E-state index contributed by atoms with van der Waals surface area (Å²) in [6.45, 7) is 2.83. The van der Waals surface area contributed by atoms with E-state index in [2.05, 4.69) is 21.2 Å². The molecular weight excluding hydrogens is 614 g/mol. The zero-order chi connectivity index (χ0) is 29.1. The number of hydrogen-bond donors (Lipinski definition) is 1. The lowest BCUT2D eigenvalue weighted by Crippen LogP contribution is -2.50. The van der Waals surface area contributed by atoms with Gasteiger partial charge in [-0.15, -0.1) is 0 Å². The van der Waals surface area contributed by atoms with E-state index < -0.39 is 16.1 Å². The molecule has 0 aliphatic heterocycles. The van der Waals surface area contributed by atoms with Crippen molar-refractivity contribution in [3.05, 3.63) is 99.5 Å². The average molecular weight is 649 g/mol. The van der Waals surface area contributed by atoms with E-state index in [1.807, 2.05) is 61.5 Å². The Morgan fingerprint density at radius 2 is 1.68 bits per heavy atom. The summed E-state index contributed by atoms with van der Waals surface area (Å²) < 4.78 is 27.3. The van der Waals surface area contributed by atoms with E-state index in [1.165, 1.54) is 4.31 Å². The van der Waals surface area contributed by atoms with Crippen LogP contribution >= 0.6 is 27.5 Å². The summed E-state index contributed by atoms with van der Waals surface area (Å²) in [5, 5.41) is 3.38. The van der Waals surface area contributed by atoms with Crippen molar-refractivity contribution in [2.24, 2.45) is 0 Å². The molecule has 0 heterocycles. The molecule has 7 nitrogen and oxygen atoms in total. The predicted molar refractivity (Wildman–Crippen MR) is 165 cm³/mol. The lowest BCUT2D eigenvalue weighted by Gasteiger charge is -2.32. The summed E-state index contributed by atoms with van der Waals surface area (Å²) >= 11 is 9.54. The number of rotatable bonds is 14. The van der Waals surface area contributed by atoms with Crippen LogP contribution in [0.1, 0.15) is 37.3 Å². The topological polar surface area (TPSA) is 86.8 Å². The molecule has 1 N–H and O–H groups in total. The summed E-state index contributed by atoms with van der Waals surface area (Å²) in [6.07, 6.45) is 2.59. The van der Waals surface area contributed by atoms with Gasteiger partial charge in [0.25, 0.3) is 0 Å². The fourth-order valence-corrected chi connectivity index (χ4v) is 5.75. The lowest BCUT2D eigenvalue weighted by atomic mass is 10.0. The van der Waals surface area contributed by atoms with Gasteiger partial charge in [0.2, 0.25) is 21.8 Å². The van der Waals surface area contributed by atoms with Crippen LogP contribution in [0.3, 0.4) is 0 Å². The highest BCUT2D eigenvalue weighted by Crippen LogP contribution is 2.23. The maximum Gasteiger partial charge on any atom is 0.243 e. The van der Waals surface area contributed by atoms with Gasteiger partial charge in [-0.1, -0.05) is 83.0 Å². The first-order valence-electron chi connectivity index (χ1n) is 13.2. The van der Waals surface area contributed by atoms with Crippen LogP contribution in [0.15, 0.2) is 83.3 Å². The summed E-state index contributed by atoms with van der Waals surface area (Å²) in [5.74, 6) is -0.442. The molecule has 10 heteroatoms. The predicted octanol–water partition coefficient (Wildman–Crippen LogP) is 5.82. The minimum atomic E-state index is -3.61. The number of sulfonamides is 1. The number of amides is 2. The Hall–Kier alpha value is -2.88. The third-order valence-corrected chi connectivity index (χ3v) is 8.29. The van der Waals surface area contributed by atoms with E-state index in [0.29, 0.717) is 23.7 Å². The molecule has 0 aliphatic carbocycles. The van der Waals surface area contributed by atoms with Gasteiger partial charge in [-0.2, -0.15) is 0 Å². The summed E-state index contributed by atoms with van der Waals surface area (Å²) in [6, 6.07) is 23.1. The molecule has 0 radical (unpaired) electrons. The van der Waals surface area contributed by atoms with Gasteiger partial charge in [-0.3, -0.25) is 13.9 Å². The Morgan fingerprint density at radius 3 is 2.30 bits per heavy atom. The Bertz CT molecular complexity index is 1370. The number of nitrogens with zero attached hydrogens (tertiary/aromatic N) is 2. The van der Waals surface area contributed by atoms with Crippen LogP contribution in [-0.4, -0.2) is 50.5 Å². The molecule has 0 fully saturated rings. The van der Waals surface area contributed by atoms with Crippen LogP contribution in [0, 0.1) is 0 Å². The van der Waals surface area contributed by atoms with Crippen molar-refractivity contribution in [2.75, 3.05) is 23.7 Å². The largest absolute Gasteiger partial charge is 0.354 e. The number of anilines is 1. The Morgan fingerprint density at radius 1 is 0.975 bits per heavy atom. The van der Waals surface area contributed by atoms with Gasteiger partial charge in [0, 0.05) is 42.0 Å². The van der Waals surface area contributed by atoms with Crippen molar-refractivity contribution in [2.45, 2.75) is 45.2 Å². The van der Waals surface area contributed by atoms with Gasteiger partial charge in [0.05, 0.1) is 11.9 Å². The molecule has 0 saturated carbocycles. The molecule has 0 bridgehead atoms. The first-order chi connectivity index (χ1) is 19.1. The minimum absolute atomic E-state index is 0.0649. The zero-order valence-corrected chi connectivity index (χ0v) is 25.9. The van der Waals surface area contributed by atoms with Crippen LogP contribution in [0.4, 0.5) is 5.69 Å². The fourth-order valence-electron chi connectivity index (χ4n) is 4.34. The molecule has 3 aromatic carbocycles. The Balaban J connectivity index is 1.86. The molecular formula is C30H35BrClN3O4S. The molecule has 40 heavy (non-hydrogen) atoms. The van der Waals surface area contributed by atoms with E-state index in [4.69, 9.17) is 11.6 Å². The standard InChI is InChI=1S/C30H35BrClN3O4S/c1-3-18-33-30(37)28(20-23-9-5-4-6-10-23)34(22-24-14-16-25(31)17-15-24)29(36)13-8-19-35(40(2,38)39)27-12-7-11-26(32)21-27/h4-7,9-12,14-17,21,28H,3,8,13,18-20,22H2,1-2H3,(H,33,37)/t28-/m0/s1. The fraction of sp³-hybridized carbons (Fsp3) is 0.333. The monoisotopic (exact) mass is 647 g/mol. The van der Waals surface area contributed by atoms with Gasteiger partial charge in [0.15, 0.2) is 0 Å².